The molecule has 0 unspecified atom stereocenters. The highest BCUT2D eigenvalue weighted by molar-refractivity contribution is 7.18. The van der Waals surface area contributed by atoms with Crippen molar-refractivity contribution in [2.45, 2.75) is 57.4 Å². The Morgan fingerprint density at radius 1 is 1.11 bits per heavy atom. The summed E-state index contributed by atoms with van der Waals surface area (Å²) in [5.41, 5.74) is 5.47. The lowest BCUT2D eigenvalue weighted by atomic mass is 9.95. The highest BCUT2D eigenvalue weighted by Gasteiger charge is 2.26. The van der Waals surface area contributed by atoms with E-state index in [2.05, 4.69) is 10.5 Å². The minimum atomic E-state index is 0.119. The molecule has 0 bridgehead atoms. The Morgan fingerprint density at radius 3 is 2.75 bits per heavy atom. The molecule has 1 fully saturated rings. The molecular weight excluding hydrogens is 368 g/mol. The number of fused-ring (bicyclic) bond motifs is 3. The predicted octanol–water partition coefficient (Wildman–Crippen LogP) is 4.90. The largest absolute Gasteiger partial charge is 0.274 e. The van der Waals surface area contributed by atoms with Gasteiger partial charge >= 0.3 is 0 Å². The Hall–Kier alpha value is -2.47. The first-order valence-electron chi connectivity index (χ1n) is 10.2. The Bertz CT molecular complexity index is 1080. The van der Waals surface area contributed by atoms with E-state index in [4.69, 9.17) is 4.98 Å². The molecule has 0 aliphatic heterocycles. The Balaban J connectivity index is 1.58. The van der Waals surface area contributed by atoms with Gasteiger partial charge in [-0.2, -0.15) is 5.10 Å². The lowest BCUT2D eigenvalue weighted by molar-refractivity contribution is 0.348. The molecule has 0 spiro atoms. The molecule has 0 saturated heterocycles. The Labute approximate surface area is 168 Å². The van der Waals surface area contributed by atoms with Crippen molar-refractivity contribution in [3.63, 3.8) is 0 Å². The fourth-order valence-corrected chi connectivity index (χ4v) is 5.77. The van der Waals surface area contributed by atoms with Gasteiger partial charge in [0.2, 0.25) is 5.95 Å². The van der Waals surface area contributed by atoms with Gasteiger partial charge in [0.05, 0.1) is 11.6 Å². The van der Waals surface area contributed by atoms with Crippen molar-refractivity contribution in [3.8, 4) is 0 Å². The highest BCUT2D eigenvalue weighted by atomic mass is 32.1. The third-order valence-corrected chi connectivity index (χ3v) is 7.07. The number of nitrogens with zero attached hydrogens (tertiary/aromatic N) is 3. The second kappa shape index (κ2) is 7.51. The van der Waals surface area contributed by atoms with Gasteiger partial charge in [0.15, 0.2) is 0 Å². The quantitative estimate of drug-likeness (QED) is 0.508. The minimum Gasteiger partial charge on any atom is -0.274 e. The molecule has 2 heterocycles. The monoisotopic (exact) mass is 392 g/mol. The van der Waals surface area contributed by atoms with Gasteiger partial charge in [-0.05, 0) is 43.2 Å². The van der Waals surface area contributed by atoms with E-state index in [0.717, 1.165) is 47.9 Å². The average molecular weight is 393 g/mol. The number of aromatic nitrogens is 2. The van der Waals surface area contributed by atoms with E-state index in [9.17, 15) is 4.79 Å². The number of hydrazone groups is 1. The smallest absolute Gasteiger partial charge is 0.264 e. The summed E-state index contributed by atoms with van der Waals surface area (Å²) in [7, 11) is 0. The lowest BCUT2D eigenvalue weighted by Crippen LogP contribution is -2.29. The van der Waals surface area contributed by atoms with Crippen molar-refractivity contribution >= 4 is 33.7 Å². The zero-order valence-electron chi connectivity index (χ0n) is 15.9. The normalized spacial score (nSPS) is 17.4. The predicted molar refractivity (Wildman–Crippen MR) is 116 cm³/mol. The van der Waals surface area contributed by atoms with Crippen LogP contribution in [-0.2, 0) is 12.8 Å². The van der Waals surface area contributed by atoms with Crippen LogP contribution in [0.3, 0.4) is 0 Å². The molecule has 1 N–H and O–H groups in total. The van der Waals surface area contributed by atoms with Gasteiger partial charge in [-0.1, -0.05) is 49.6 Å². The summed E-state index contributed by atoms with van der Waals surface area (Å²) in [5.74, 6) is 0.580. The van der Waals surface area contributed by atoms with E-state index >= 15 is 0 Å². The van der Waals surface area contributed by atoms with Crippen LogP contribution in [0.2, 0.25) is 0 Å². The molecule has 2 aliphatic carbocycles. The molecular formula is C22H24N4OS. The summed E-state index contributed by atoms with van der Waals surface area (Å²) >= 11 is 1.68. The highest BCUT2D eigenvalue weighted by Crippen LogP contribution is 2.37. The van der Waals surface area contributed by atoms with Crippen LogP contribution < -0.4 is 11.0 Å². The zero-order chi connectivity index (χ0) is 18.9. The van der Waals surface area contributed by atoms with Crippen molar-refractivity contribution in [1.29, 1.82) is 0 Å². The molecule has 28 heavy (non-hydrogen) atoms. The summed E-state index contributed by atoms with van der Waals surface area (Å²) in [6, 6.07) is 10.2. The third kappa shape index (κ3) is 3.15. The van der Waals surface area contributed by atoms with Crippen LogP contribution in [0.4, 0.5) is 5.95 Å². The summed E-state index contributed by atoms with van der Waals surface area (Å²) in [5, 5.41) is 5.25. The first kappa shape index (κ1) is 17.6. The van der Waals surface area contributed by atoms with Crippen molar-refractivity contribution in [2.75, 3.05) is 5.43 Å². The molecule has 0 radical (unpaired) electrons. The molecule has 2 aromatic heterocycles. The standard InChI is InChI=1S/C22H24N4OS/c27-21-19-17-12-7-13-18(17)28-20(19)24-22(26(21)16-10-5-2-6-11-16)25-23-14-15-8-3-1-4-9-15/h1,3-4,8-9,14,16H,2,5-7,10-13H2,(H,24,25). The second-order valence-corrected chi connectivity index (χ2v) is 8.80. The third-order valence-electron chi connectivity index (χ3n) is 5.89. The van der Waals surface area contributed by atoms with Gasteiger partial charge in [-0.15, -0.1) is 11.3 Å². The van der Waals surface area contributed by atoms with E-state index in [1.165, 1.54) is 29.7 Å². The van der Waals surface area contributed by atoms with Gasteiger partial charge in [0, 0.05) is 10.9 Å². The van der Waals surface area contributed by atoms with E-state index in [0.29, 0.717) is 5.95 Å². The number of hydrogen-bond acceptors (Lipinski definition) is 5. The van der Waals surface area contributed by atoms with Gasteiger partial charge in [-0.25, -0.2) is 10.4 Å². The average Bonchev–Trinajstić information content (AvgIpc) is 3.30. The second-order valence-electron chi connectivity index (χ2n) is 7.72. The van der Waals surface area contributed by atoms with E-state index in [1.807, 2.05) is 34.9 Å². The number of nitrogens with one attached hydrogen (secondary N) is 1. The maximum Gasteiger partial charge on any atom is 0.264 e. The molecule has 1 aromatic carbocycles. The topological polar surface area (TPSA) is 59.3 Å². The van der Waals surface area contributed by atoms with Crippen LogP contribution in [-0.4, -0.2) is 15.8 Å². The van der Waals surface area contributed by atoms with Crippen LogP contribution in [0.5, 0.6) is 0 Å². The van der Waals surface area contributed by atoms with Crippen molar-refractivity contribution in [3.05, 3.63) is 56.7 Å². The maximum atomic E-state index is 13.5. The van der Waals surface area contributed by atoms with Crippen molar-refractivity contribution in [2.24, 2.45) is 5.10 Å². The number of thiophene rings is 1. The van der Waals surface area contributed by atoms with Gasteiger partial charge in [0.25, 0.3) is 5.56 Å². The van der Waals surface area contributed by atoms with Crippen LogP contribution in [0.15, 0.2) is 40.2 Å². The number of benzene rings is 1. The lowest BCUT2D eigenvalue weighted by Gasteiger charge is -2.25. The SMILES string of the molecule is O=c1c2c3c(sc2nc(NN=Cc2ccccc2)n1C1CCCCC1)CCC3. The van der Waals surface area contributed by atoms with Crippen LogP contribution in [0.25, 0.3) is 10.2 Å². The Morgan fingerprint density at radius 2 is 1.93 bits per heavy atom. The molecule has 5 rings (SSSR count). The van der Waals surface area contributed by atoms with E-state index < -0.39 is 0 Å². The van der Waals surface area contributed by atoms with Crippen LogP contribution >= 0.6 is 11.3 Å². The maximum absolute atomic E-state index is 13.5. The molecule has 3 aromatic rings. The fraction of sp³-hybridized carbons (Fsp3) is 0.409. The molecule has 1 saturated carbocycles. The first-order chi connectivity index (χ1) is 13.8. The van der Waals surface area contributed by atoms with E-state index in [1.54, 1.807) is 17.6 Å². The van der Waals surface area contributed by atoms with Gasteiger partial charge < -0.3 is 0 Å². The van der Waals surface area contributed by atoms with Gasteiger partial charge in [0.1, 0.15) is 4.83 Å². The summed E-state index contributed by atoms with van der Waals surface area (Å²) in [4.78, 5) is 20.6. The van der Waals surface area contributed by atoms with Crippen LogP contribution in [0.1, 0.15) is 60.6 Å². The number of hydrogen-bond donors (Lipinski definition) is 1. The van der Waals surface area contributed by atoms with Crippen LogP contribution in [0, 0.1) is 0 Å². The Kier molecular flexibility index (Phi) is 4.72. The van der Waals surface area contributed by atoms with Crippen molar-refractivity contribution in [1.82, 2.24) is 9.55 Å². The molecule has 0 atom stereocenters. The molecule has 0 amide bonds. The number of aryl methyl sites for hydroxylation is 2. The van der Waals surface area contributed by atoms with Gasteiger partial charge in [-0.3, -0.25) is 9.36 Å². The fourth-order valence-electron chi connectivity index (χ4n) is 4.52. The van der Waals surface area contributed by atoms with Crippen molar-refractivity contribution < 1.29 is 0 Å². The number of anilines is 1. The molecule has 6 heteroatoms. The summed E-state index contributed by atoms with van der Waals surface area (Å²) < 4.78 is 1.90. The van der Waals surface area contributed by atoms with E-state index in [-0.39, 0.29) is 11.6 Å². The zero-order valence-corrected chi connectivity index (χ0v) is 16.7. The summed E-state index contributed by atoms with van der Waals surface area (Å²) in [6.45, 7) is 0. The molecule has 144 valence electrons. The minimum absolute atomic E-state index is 0.119. The first-order valence-corrected chi connectivity index (χ1v) is 11.0. The summed E-state index contributed by atoms with van der Waals surface area (Å²) in [6.07, 6.45) is 10.7. The molecule has 2 aliphatic rings. The number of rotatable bonds is 4. The molecule has 5 nitrogen and oxygen atoms in total.